The summed E-state index contributed by atoms with van der Waals surface area (Å²) in [5, 5.41) is 12.8. The average Bonchev–Trinajstić information content (AvgIpc) is 2.67. The Kier molecular flexibility index (Phi) is 5.22. The van der Waals surface area contributed by atoms with E-state index in [4.69, 9.17) is 4.74 Å². The van der Waals surface area contributed by atoms with Gasteiger partial charge in [-0.3, -0.25) is 9.59 Å². The van der Waals surface area contributed by atoms with Crippen LogP contribution < -0.4 is 4.73 Å². The van der Waals surface area contributed by atoms with Crippen molar-refractivity contribution in [1.82, 2.24) is 4.98 Å². The predicted octanol–water partition coefficient (Wildman–Crippen LogP) is 2.94. The molecule has 0 saturated carbocycles. The van der Waals surface area contributed by atoms with Gasteiger partial charge in [-0.15, -0.1) is 0 Å². The van der Waals surface area contributed by atoms with E-state index in [9.17, 15) is 14.8 Å². The Morgan fingerprint density at radius 1 is 1.08 bits per heavy atom. The number of rotatable bonds is 6. The minimum Gasteiger partial charge on any atom is -0.618 e. The first-order chi connectivity index (χ1) is 12.6. The van der Waals surface area contributed by atoms with E-state index in [1.54, 1.807) is 54.6 Å². The highest BCUT2D eigenvalue weighted by Gasteiger charge is 2.27. The number of aromatic nitrogens is 2. The van der Waals surface area contributed by atoms with Crippen LogP contribution >= 0.6 is 0 Å². The highest BCUT2D eigenvalue weighted by molar-refractivity contribution is 6.07. The highest BCUT2D eigenvalue weighted by atomic mass is 16.5. The van der Waals surface area contributed by atoms with Crippen molar-refractivity contribution in [2.45, 2.75) is 26.4 Å². The molecule has 3 rings (SSSR count). The molecule has 1 aromatic heterocycles. The third kappa shape index (κ3) is 3.54. The van der Waals surface area contributed by atoms with Crippen LogP contribution in [0.4, 0.5) is 0 Å². The van der Waals surface area contributed by atoms with Crippen LogP contribution in [0.15, 0.2) is 54.6 Å². The Balaban J connectivity index is 2.08. The summed E-state index contributed by atoms with van der Waals surface area (Å²) < 4.78 is 5.76. The molecular formula is C20H18N2O4. The molecule has 6 nitrogen and oxygen atoms in total. The largest absolute Gasteiger partial charge is 0.618 e. The first-order valence-corrected chi connectivity index (χ1v) is 8.38. The molecule has 1 heterocycles. The molecule has 0 radical (unpaired) electrons. The zero-order chi connectivity index (χ0) is 18.5. The number of carbonyl (C=O) groups excluding carboxylic acids is 2. The lowest BCUT2D eigenvalue weighted by Crippen LogP contribution is -2.38. The quantitative estimate of drug-likeness (QED) is 0.295. The van der Waals surface area contributed by atoms with Crippen molar-refractivity contribution < 1.29 is 19.1 Å². The fourth-order valence-electron chi connectivity index (χ4n) is 2.64. The topological polar surface area (TPSA) is 83.2 Å². The van der Waals surface area contributed by atoms with E-state index in [1.165, 1.54) is 0 Å². The Morgan fingerprint density at radius 2 is 1.77 bits per heavy atom. The van der Waals surface area contributed by atoms with Crippen molar-refractivity contribution in [3.8, 4) is 0 Å². The Bertz CT molecular complexity index is 955. The van der Waals surface area contributed by atoms with Crippen molar-refractivity contribution in [2.75, 3.05) is 0 Å². The number of esters is 1. The Labute approximate surface area is 150 Å². The van der Waals surface area contributed by atoms with Crippen LogP contribution in [0, 0.1) is 5.21 Å². The number of para-hydroxylation sites is 2. The summed E-state index contributed by atoms with van der Waals surface area (Å²) >= 11 is 0. The number of ketones is 1. The number of carbonyl (C=O) groups is 2. The summed E-state index contributed by atoms with van der Waals surface area (Å²) in [5.74, 6) is -0.849. The summed E-state index contributed by atoms with van der Waals surface area (Å²) in [6.07, 6.45) is 0.925. The van der Waals surface area contributed by atoms with Crippen molar-refractivity contribution in [3.63, 3.8) is 0 Å². The number of nitrogens with zero attached hydrogens (tertiary/aromatic N) is 2. The zero-order valence-corrected chi connectivity index (χ0v) is 14.3. The van der Waals surface area contributed by atoms with Crippen molar-refractivity contribution in [2.24, 2.45) is 0 Å². The van der Waals surface area contributed by atoms with Crippen molar-refractivity contribution in [3.05, 3.63) is 76.8 Å². The molecule has 6 heteroatoms. The monoisotopic (exact) mass is 350 g/mol. The van der Waals surface area contributed by atoms with Gasteiger partial charge < -0.3 is 9.94 Å². The SMILES string of the molecule is CCCC(=O)OCc1nc2ccccc2[n+]([O-])c1C(=O)c1ccccc1. The molecule has 0 aliphatic rings. The van der Waals surface area contributed by atoms with E-state index in [0.29, 0.717) is 22.2 Å². The maximum atomic E-state index is 12.9. The lowest BCUT2D eigenvalue weighted by Gasteiger charge is -2.11. The van der Waals surface area contributed by atoms with Crippen LogP contribution in [-0.4, -0.2) is 16.7 Å². The van der Waals surface area contributed by atoms with E-state index >= 15 is 0 Å². The summed E-state index contributed by atoms with van der Waals surface area (Å²) in [6.45, 7) is 1.64. The van der Waals surface area contributed by atoms with E-state index in [2.05, 4.69) is 4.98 Å². The predicted molar refractivity (Wildman–Crippen MR) is 95.3 cm³/mol. The molecule has 0 amide bonds. The number of ether oxygens (including phenoxy) is 1. The summed E-state index contributed by atoms with van der Waals surface area (Å²) in [6, 6.07) is 15.2. The molecule has 0 bridgehead atoms. The molecule has 0 aliphatic heterocycles. The highest BCUT2D eigenvalue weighted by Crippen LogP contribution is 2.16. The molecule has 132 valence electrons. The molecular weight excluding hydrogens is 332 g/mol. The van der Waals surface area contributed by atoms with Crippen molar-refractivity contribution in [1.29, 1.82) is 0 Å². The van der Waals surface area contributed by atoms with Gasteiger partial charge in [0.05, 0.1) is 0 Å². The van der Waals surface area contributed by atoms with E-state index < -0.39 is 11.8 Å². The second-order valence-corrected chi connectivity index (χ2v) is 5.80. The van der Waals surface area contributed by atoms with Crippen LogP contribution in [-0.2, 0) is 16.1 Å². The number of fused-ring (bicyclic) bond motifs is 1. The van der Waals surface area contributed by atoms with Crippen molar-refractivity contribution >= 4 is 22.8 Å². The van der Waals surface area contributed by atoms with E-state index in [1.807, 2.05) is 6.92 Å². The summed E-state index contributed by atoms with van der Waals surface area (Å²) in [4.78, 5) is 29.0. The lowest BCUT2D eigenvalue weighted by molar-refractivity contribution is -0.580. The fraction of sp³-hybridized carbons (Fsp3) is 0.200. The van der Waals surface area contributed by atoms with Crippen LogP contribution in [0.1, 0.15) is 41.5 Å². The third-order valence-electron chi connectivity index (χ3n) is 3.91. The number of hydrogen-bond acceptors (Lipinski definition) is 5. The molecule has 2 aromatic carbocycles. The second-order valence-electron chi connectivity index (χ2n) is 5.80. The second kappa shape index (κ2) is 7.74. The average molecular weight is 350 g/mol. The van der Waals surface area contributed by atoms with Gasteiger partial charge in [0.1, 0.15) is 12.1 Å². The van der Waals surface area contributed by atoms with Gasteiger partial charge >= 0.3 is 5.97 Å². The van der Waals surface area contributed by atoms with Gasteiger partial charge in [0.15, 0.2) is 5.69 Å². The molecule has 26 heavy (non-hydrogen) atoms. The Hall–Kier alpha value is -3.28. The van der Waals surface area contributed by atoms with Crippen LogP contribution in [0.2, 0.25) is 0 Å². The smallest absolute Gasteiger partial charge is 0.306 e. The molecule has 0 spiro atoms. The van der Waals surface area contributed by atoms with Crippen LogP contribution in [0.3, 0.4) is 0 Å². The molecule has 3 aromatic rings. The van der Waals surface area contributed by atoms with Gasteiger partial charge in [0, 0.05) is 18.1 Å². The van der Waals surface area contributed by atoms with Gasteiger partial charge in [0.25, 0.3) is 11.5 Å². The molecule has 0 aliphatic carbocycles. The first kappa shape index (κ1) is 17.5. The van der Waals surface area contributed by atoms with Gasteiger partial charge in [-0.05, 0) is 12.5 Å². The first-order valence-electron chi connectivity index (χ1n) is 8.38. The minimum atomic E-state index is -0.458. The third-order valence-corrected chi connectivity index (χ3v) is 3.91. The standard InChI is InChI=1S/C20H18N2O4/c1-2-8-18(23)26-13-16-19(20(24)14-9-4-3-5-10-14)22(25)17-12-7-6-11-15(17)21-16/h3-7,9-12H,2,8,13H2,1H3. The van der Waals surface area contributed by atoms with Gasteiger partial charge in [-0.1, -0.05) is 49.4 Å². The molecule has 0 saturated heterocycles. The maximum Gasteiger partial charge on any atom is 0.306 e. The van der Waals surface area contributed by atoms with E-state index in [0.717, 1.165) is 0 Å². The zero-order valence-electron chi connectivity index (χ0n) is 14.3. The Morgan fingerprint density at radius 3 is 2.50 bits per heavy atom. The molecule has 0 atom stereocenters. The fourth-order valence-corrected chi connectivity index (χ4v) is 2.64. The minimum absolute atomic E-state index is 0.126. The summed E-state index contributed by atoms with van der Waals surface area (Å²) in [5.41, 5.74) is 1.12. The lowest BCUT2D eigenvalue weighted by atomic mass is 10.1. The van der Waals surface area contributed by atoms with Crippen LogP contribution in [0.25, 0.3) is 11.0 Å². The van der Waals surface area contributed by atoms with Gasteiger partial charge in [-0.25, -0.2) is 4.98 Å². The molecule has 0 fully saturated rings. The number of benzene rings is 2. The maximum absolute atomic E-state index is 12.9. The normalized spacial score (nSPS) is 10.7. The van der Waals surface area contributed by atoms with Crippen LogP contribution in [0.5, 0.6) is 0 Å². The van der Waals surface area contributed by atoms with Gasteiger partial charge in [-0.2, -0.15) is 4.73 Å². The number of hydrogen-bond donors (Lipinski definition) is 0. The summed E-state index contributed by atoms with van der Waals surface area (Å²) in [7, 11) is 0. The molecule has 0 N–H and O–H groups in total. The molecule has 0 unspecified atom stereocenters. The van der Waals surface area contributed by atoms with E-state index in [-0.39, 0.29) is 29.9 Å². The van der Waals surface area contributed by atoms with Gasteiger partial charge in [0.2, 0.25) is 5.52 Å².